The molecular formula is C20H25ClFN3O3S. The lowest BCUT2D eigenvalue weighted by Crippen LogP contribution is -2.44. The van der Waals surface area contributed by atoms with E-state index in [0.29, 0.717) is 42.6 Å². The van der Waals surface area contributed by atoms with Crippen LogP contribution in [0.25, 0.3) is 0 Å². The number of carbonyl (C=O) groups is 1. The molecule has 1 N–H and O–H groups in total. The second-order valence-electron chi connectivity index (χ2n) is 7.83. The largest absolute Gasteiger partial charge is 0.485 e. The van der Waals surface area contributed by atoms with Gasteiger partial charge in [-0.2, -0.15) is 0 Å². The van der Waals surface area contributed by atoms with Gasteiger partial charge in [0.25, 0.3) is 0 Å². The van der Waals surface area contributed by atoms with Crippen LogP contribution in [-0.2, 0) is 11.3 Å². The lowest BCUT2D eigenvalue weighted by Gasteiger charge is -2.33. The number of para-hydroxylation sites is 1. The number of amides is 1. The fourth-order valence-corrected chi connectivity index (χ4v) is 3.88. The molecule has 2 heterocycles. The molecule has 158 valence electrons. The first-order chi connectivity index (χ1) is 13.7. The maximum Gasteiger partial charge on any atom is 0.410 e. The Morgan fingerprint density at radius 3 is 2.72 bits per heavy atom. The first kappa shape index (κ1) is 21.6. The topological polar surface area (TPSA) is 63.7 Å². The number of likely N-dealkylation sites (tertiary alicyclic amines) is 1. The minimum absolute atomic E-state index is 0.177. The Bertz CT molecular complexity index is 848. The van der Waals surface area contributed by atoms with Gasteiger partial charge in [-0.05, 0) is 32.9 Å². The van der Waals surface area contributed by atoms with Crippen LogP contribution in [0.1, 0.15) is 38.5 Å². The van der Waals surface area contributed by atoms with E-state index in [2.05, 4.69) is 10.3 Å². The van der Waals surface area contributed by atoms with E-state index in [4.69, 9.17) is 21.1 Å². The fraction of sp³-hybridized carbons (Fsp3) is 0.500. The number of hydrogen-bond donors (Lipinski definition) is 1. The SMILES string of the molecule is CC(C)(C)OC(=O)N1CCC(Oc2c(F)cccc2NCc2cnc(Cl)s2)CC1. The van der Waals surface area contributed by atoms with Crippen molar-refractivity contribution >= 4 is 34.7 Å². The highest BCUT2D eigenvalue weighted by atomic mass is 35.5. The first-order valence-corrected chi connectivity index (χ1v) is 10.7. The summed E-state index contributed by atoms with van der Waals surface area (Å²) in [4.78, 5) is 18.8. The summed E-state index contributed by atoms with van der Waals surface area (Å²) in [5.74, 6) is -0.231. The lowest BCUT2D eigenvalue weighted by atomic mass is 10.1. The Morgan fingerprint density at radius 2 is 2.10 bits per heavy atom. The molecule has 1 aromatic heterocycles. The number of halogens is 2. The number of thiazole rings is 1. The van der Waals surface area contributed by atoms with Crippen LogP contribution >= 0.6 is 22.9 Å². The molecular weight excluding hydrogens is 417 g/mol. The summed E-state index contributed by atoms with van der Waals surface area (Å²) in [7, 11) is 0. The van der Waals surface area contributed by atoms with E-state index in [9.17, 15) is 9.18 Å². The monoisotopic (exact) mass is 441 g/mol. The molecule has 9 heteroatoms. The van der Waals surface area contributed by atoms with Crippen LogP contribution in [0.15, 0.2) is 24.4 Å². The predicted octanol–water partition coefficient (Wildman–Crippen LogP) is 5.33. The molecule has 2 aromatic rings. The van der Waals surface area contributed by atoms with Gasteiger partial charge in [-0.3, -0.25) is 0 Å². The molecule has 0 atom stereocenters. The molecule has 1 saturated heterocycles. The van der Waals surface area contributed by atoms with Gasteiger partial charge in [-0.15, -0.1) is 11.3 Å². The molecule has 0 spiro atoms. The zero-order valence-electron chi connectivity index (χ0n) is 16.7. The summed E-state index contributed by atoms with van der Waals surface area (Å²) in [6, 6.07) is 4.78. The molecule has 0 aliphatic carbocycles. The van der Waals surface area contributed by atoms with Crippen LogP contribution in [0.3, 0.4) is 0 Å². The molecule has 1 aromatic carbocycles. The van der Waals surface area contributed by atoms with E-state index >= 15 is 0 Å². The molecule has 1 aliphatic rings. The molecule has 0 unspecified atom stereocenters. The highest BCUT2D eigenvalue weighted by Gasteiger charge is 2.28. The predicted molar refractivity (Wildman–Crippen MR) is 112 cm³/mol. The van der Waals surface area contributed by atoms with Gasteiger partial charge >= 0.3 is 6.09 Å². The summed E-state index contributed by atoms with van der Waals surface area (Å²) in [5, 5.41) is 3.19. The molecule has 0 radical (unpaired) electrons. The van der Waals surface area contributed by atoms with Crippen LogP contribution in [0.2, 0.25) is 4.47 Å². The van der Waals surface area contributed by atoms with Gasteiger partial charge in [0.2, 0.25) is 0 Å². The standard InChI is InChI=1S/C20H25ClFN3O3S/c1-20(2,3)28-19(26)25-9-7-13(8-10-25)27-17-15(22)5-4-6-16(17)23-11-14-12-24-18(21)29-14/h4-6,12-13,23H,7-11H2,1-3H3. The van der Waals surface area contributed by atoms with E-state index in [0.717, 1.165) is 4.88 Å². The minimum atomic E-state index is -0.527. The van der Waals surface area contributed by atoms with Crippen LogP contribution < -0.4 is 10.1 Å². The molecule has 3 rings (SSSR count). The van der Waals surface area contributed by atoms with Crippen molar-refractivity contribution in [3.63, 3.8) is 0 Å². The summed E-state index contributed by atoms with van der Waals surface area (Å²) >= 11 is 7.22. The smallest absolute Gasteiger partial charge is 0.410 e. The Labute approximate surface area is 179 Å². The third-order valence-corrected chi connectivity index (χ3v) is 5.44. The van der Waals surface area contributed by atoms with Crippen molar-refractivity contribution < 1.29 is 18.7 Å². The zero-order valence-corrected chi connectivity index (χ0v) is 18.3. The van der Waals surface area contributed by atoms with Gasteiger partial charge in [-0.1, -0.05) is 17.7 Å². The number of ether oxygens (including phenoxy) is 2. The van der Waals surface area contributed by atoms with Crippen LogP contribution in [0, 0.1) is 5.82 Å². The number of aromatic nitrogens is 1. The molecule has 0 saturated carbocycles. The number of piperidine rings is 1. The van der Waals surface area contributed by atoms with E-state index in [1.807, 2.05) is 20.8 Å². The van der Waals surface area contributed by atoms with E-state index in [-0.39, 0.29) is 17.9 Å². The number of nitrogens with one attached hydrogen (secondary N) is 1. The van der Waals surface area contributed by atoms with Crippen molar-refractivity contribution in [1.29, 1.82) is 0 Å². The second kappa shape index (κ2) is 9.17. The third-order valence-electron chi connectivity index (χ3n) is 4.32. The number of hydrogen-bond acceptors (Lipinski definition) is 6. The van der Waals surface area contributed by atoms with Crippen LogP contribution in [0.4, 0.5) is 14.9 Å². The van der Waals surface area contributed by atoms with Crippen LogP contribution in [0.5, 0.6) is 5.75 Å². The summed E-state index contributed by atoms with van der Waals surface area (Å²) in [5.41, 5.74) is 0.0459. The number of anilines is 1. The van der Waals surface area contributed by atoms with Gasteiger partial charge < -0.3 is 19.7 Å². The second-order valence-corrected chi connectivity index (χ2v) is 9.53. The van der Waals surface area contributed by atoms with Gasteiger partial charge in [0.05, 0.1) is 12.2 Å². The van der Waals surface area contributed by atoms with E-state index in [1.54, 1.807) is 23.2 Å². The number of carbonyl (C=O) groups excluding carboxylic acids is 1. The van der Waals surface area contributed by atoms with Crippen molar-refractivity contribution in [2.75, 3.05) is 18.4 Å². The Hall–Kier alpha value is -2.06. The molecule has 0 bridgehead atoms. The van der Waals surface area contributed by atoms with Gasteiger partial charge in [0, 0.05) is 37.0 Å². The van der Waals surface area contributed by atoms with Crippen LogP contribution in [-0.4, -0.2) is 40.8 Å². The summed E-state index contributed by atoms with van der Waals surface area (Å²) in [6.07, 6.45) is 2.40. The Morgan fingerprint density at radius 1 is 1.38 bits per heavy atom. The molecule has 1 amide bonds. The van der Waals surface area contributed by atoms with Crippen molar-refractivity contribution in [2.24, 2.45) is 0 Å². The third kappa shape index (κ3) is 6.21. The number of benzene rings is 1. The normalized spacial score (nSPS) is 15.3. The minimum Gasteiger partial charge on any atom is -0.485 e. The van der Waals surface area contributed by atoms with Gasteiger partial charge in [0.15, 0.2) is 16.0 Å². The zero-order chi connectivity index (χ0) is 21.0. The van der Waals surface area contributed by atoms with E-state index < -0.39 is 11.4 Å². The number of nitrogens with zero attached hydrogens (tertiary/aromatic N) is 2. The van der Waals surface area contributed by atoms with Crippen molar-refractivity contribution in [1.82, 2.24) is 9.88 Å². The fourth-order valence-electron chi connectivity index (χ4n) is 2.96. The van der Waals surface area contributed by atoms with Crippen molar-refractivity contribution in [3.8, 4) is 5.75 Å². The highest BCUT2D eigenvalue weighted by molar-refractivity contribution is 7.15. The summed E-state index contributed by atoms with van der Waals surface area (Å²) < 4.78 is 26.3. The number of rotatable bonds is 5. The van der Waals surface area contributed by atoms with Gasteiger partial charge in [-0.25, -0.2) is 14.2 Å². The Kier molecular flexibility index (Phi) is 6.85. The molecule has 1 aliphatic heterocycles. The quantitative estimate of drug-likeness (QED) is 0.679. The average Bonchev–Trinajstić information content (AvgIpc) is 3.06. The van der Waals surface area contributed by atoms with Gasteiger partial charge in [0.1, 0.15) is 11.7 Å². The highest BCUT2D eigenvalue weighted by Crippen LogP contribution is 2.31. The molecule has 29 heavy (non-hydrogen) atoms. The average molecular weight is 442 g/mol. The Balaban J connectivity index is 1.58. The first-order valence-electron chi connectivity index (χ1n) is 9.48. The molecule has 6 nitrogen and oxygen atoms in total. The molecule has 1 fully saturated rings. The van der Waals surface area contributed by atoms with E-state index in [1.165, 1.54) is 17.4 Å². The van der Waals surface area contributed by atoms with Crippen molar-refractivity contribution in [2.45, 2.75) is 51.9 Å². The maximum absolute atomic E-state index is 14.4. The lowest BCUT2D eigenvalue weighted by molar-refractivity contribution is 0.0124. The van der Waals surface area contributed by atoms with Crippen molar-refractivity contribution in [3.05, 3.63) is 39.6 Å². The maximum atomic E-state index is 14.4. The summed E-state index contributed by atoms with van der Waals surface area (Å²) in [6.45, 7) is 7.02.